The van der Waals surface area contributed by atoms with Gasteiger partial charge in [-0.05, 0) is 40.9 Å². The molecule has 2 aliphatic rings. The molecular formula is C14H16BrFN2O2. The summed E-state index contributed by atoms with van der Waals surface area (Å²) in [5.41, 5.74) is 0.445. The third-order valence-electron chi connectivity index (χ3n) is 4.01. The van der Waals surface area contributed by atoms with Gasteiger partial charge in [-0.2, -0.15) is 0 Å². The second kappa shape index (κ2) is 5.33. The minimum absolute atomic E-state index is 0.0344. The number of nitrogens with zero attached hydrogens (tertiary/aromatic N) is 2. The number of benzene rings is 1. The Labute approximate surface area is 125 Å². The molecule has 0 spiro atoms. The van der Waals surface area contributed by atoms with Crippen LogP contribution in [0.3, 0.4) is 0 Å². The van der Waals surface area contributed by atoms with Gasteiger partial charge < -0.3 is 10.0 Å². The van der Waals surface area contributed by atoms with Gasteiger partial charge in [-0.15, -0.1) is 0 Å². The molecule has 1 aromatic carbocycles. The Morgan fingerprint density at radius 3 is 2.45 bits per heavy atom. The second-order valence-electron chi connectivity index (χ2n) is 5.32. The highest BCUT2D eigenvalue weighted by Gasteiger charge is 2.32. The number of piperazine rings is 1. The van der Waals surface area contributed by atoms with Crippen LogP contribution in [-0.4, -0.2) is 48.2 Å². The molecule has 1 aliphatic carbocycles. The first-order chi connectivity index (χ1) is 9.58. The van der Waals surface area contributed by atoms with E-state index in [2.05, 4.69) is 20.8 Å². The molecular weight excluding hydrogens is 327 g/mol. The third-order valence-corrected chi connectivity index (χ3v) is 4.79. The Kier molecular flexibility index (Phi) is 3.69. The maximum atomic E-state index is 14.3. The van der Waals surface area contributed by atoms with Crippen molar-refractivity contribution in [2.24, 2.45) is 0 Å². The van der Waals surface area contributed by atoms with Gasteiger partial charge in [0.2, 0.25) is 0 Å². The summed E-state index contributed by atoms with van der Waals surface area (Å²) in [6.45, 7) is 3.46. The lowest BCUT2D eigenvalue weighted by molar-refractivity contribution is 0.0695. The van der Waals surface area contributed by atoms with Crippen molar-refractivity contribution in [1.82, 2.24) is 4.90 Å². The lowest BCUT2D eigenvalue weighted by atomic mass is 10.1. The molecule has 0 aromatic heterocycles. The maximum absolute atomic E-state index is 14.3. The van der Waals surface area contributed by atoms with Gasteiger partial charge >= 0.3 is 5.97 Å². The molecule has 1 aliphatic heterocycles. The molecule has 0 unspecified atom stereocenters. The topological polar surface area (TPSA) is 43.8 Å². The maximum Gasteiger partial charge on any atom is 0.336 e. The van der Waals surface area contributed by atoms with Crippen LogP contribution in [0.2, 0.25) is 0 Å². The fourth-order valence-electron chi connectivity index (χ4n) is 2.72. The highest BCUT2D eigenvalue weighted by molar-refractivity contribution is 9.10. The minimum atomic E-state index is -1.12. The smallest absolute Gasteiger partial charge is 0.336 e. The number of halogens is 2. The van der Waals surface area contributed by atoms with Gasteiger partial charge in [-0.25, -0.2) is 9.18 Å². The summed E-state index contributed by atoms with van der Waals surface area (Å²) < 4.78 is 14.3. The summed E-state index contributed by atoms with van der Waals surface area (Å²) in [6, 6.07) is 3.76. The van der Waals surface area contributed by atoms with Crippen molar-refractivity contribution in [2.45, 2.75) is 18.9 Å². The van der Waals surface area contributed by atoms with E-state index in [0.29, 0.717) is 5.69 Å². The van der Waals surface area contributed by atoms with E-state index in [4.69, 9.17) is 5.11 Å². The number of carbonyl (C=O) groups is 1. The van der Waals surface area contributed by atoms with Crippen LogP contribution in [0.4, 0.5) is 10.1 Å². The van der Waals surface area contributed by atoms with Crippen LogP contribution >= 0.6 is 15.9 Å². The standard InChI is InChI=1S/C14H16BrFN2O2/c15-12-10(14(19)20)3-4-11(13(12)16)18-7-5-17(6-8-18)9-1-2-9/h3-4,9H,1-2,5-8H2,(H,19,20). The molecule has 3 rings (SSSR count). The lowest BCUT2D eigenvalue weighted by Crippen LogP contribution is -2.47. The van der Waals surface area contributed by atoms with Gasteiger partial charge in [0, 0.05) is 32.2 Å². The number of carboxylic acids is 1. The van der Waals surface area contributed by atoms with Gasteiger partial charge in [0.15, 0.2) is 5.82 Å². The predicted octanol–water partition coefficient (Wildman–Crippen LogP) is 2.57. The largest absolute Gasteiger partial charge is 0.478 e. The zero-order valence-corrected chi connectivity index (χ0v) is 12.6. The first-order valence-corrected chi connectivity index (χ1v) is 7.57. The Morgan fingerprint density at radius 1 is 1.25 bits per heavy atom. The molecule has 0 bridgehead atoms. The fraction of sp³-hybridized carbons (Fsp3) is 0.500. The first-order valence-electron chi connectivity index (χ1n) is 6.78. The van der Waals surface area contributed by atoms with Crippen molar-refractivity contribution < 1.29 is 14.3 Å². The van der Waals surface area contributed by atoms with E-state index in [1.807, 2.05) is 4.90 Å². The fourth-order valence-corrected chi connectivity index (χ4v) is 3.22. The van der Waals surface area contributed by atoms with Crippen LogP contribution in [0.25, 0.3) is 0 Å². The Bertz CT molecular complexity index is 540. The van der Waals surface area contributed by atoms with E-state index in [9.17, 15) is 9.18 Å². The van der Waals surface area contributed by atoms with Crippen LogP contribution in [0.1, 0.15) is 23.2 Å². The zero-order chi connectivity index (χ0) is 14.3. The van der Waals surface area contributed by atoms with Crippen LogP contribution in [0.5, 0.6) is 0 Å². The summed E-state index contributed by atoms with van der Waals surface area (Å²) in [5, 5.41) is 8.98. The van der Waals surface area contributed by atoms with Crippen LogP contribution in [-0.2, 0) is 0 Å². The molecule has 4 nitrogen and oxygen atoms in total. The van der Waals surface area contributed by atoms with E-state index >= 15 is 0 Å². The highest BCUT2D eigenvalue weighted by Crippen LogP contribution is 2.32. The normalized spacial score (nSPS) is 20.2. The molecule has 0 amide bonds. The molecule has 1 N–H and O–H groups in total. The summed E-state index contributed by atoms with van der Waals surface area (Å²) in [7, 11) is 0. The van der Waals surface area contributed by atoms with Gasteiger partial charge in [0.1, 0.15) is 0 Å². The van der Waals surface area contributed by atoms with E-state index in [1.54, 1.807) is 6.07 Å². The molecule has 0 radical (unpaired) electrons. The molecule has 20 heavy (non-hydrogen) atoms. The Morgan fingerprint density at radius 2 is 1.90 bits per heavy atom. The molecule has 6 heteroatoms. The second-order valence-corrected chi connectivity index (χ2v) is 6.11. The van der Waals surface area contributed by atoms with E-state index in [1.165, 1.54) is 18.9 Å². The molecule has 1 aromatic rings. The van der Waals surface area contributed by atoms with E-state index in [-0.39, 0.29) is 10.0 Å². The Balaban J connectivity index is 1.77. The van der Waals surface area contributed by atoms with Gasteiger partial charge in [0.25, 0.3) is 0 Å². The zero-order valence-electron chi connectivity index (χ0n) is 11.0. The van der Waals surface area contributed by atoms with E-state index < -0.39 is 11.8 Å². The van der Waals surface area contributed by atoms with Crippen LogP contribution in [0, 0.1) is 5.82 Å². The monoisotopic (exact) mass is 342 g/mol. The number of anilines is 1. The number of aromatic carboxylic acids is 1. The van der Waals surface area contributed by atoms with Crippen molar-refractivity contribution in [1.29, 1.82) is 0 Å². The molecule has 2 fully saturated rings. The lowest BCUT2D eigenvalue weighted by Gasteiger charge is -2.36. The summed E-state index contributed by atoms with van der Waals surface area (Å²) in [5.74, 6) is -1.61. The highest BCUT2D eigenvalue weighted by atomic mass is 79.9. The molecule has 1 saturated carbocycles. The molecule has 1 saturated heterocycles. The number of hydrogen-bond donors (Lipinski definition) is 1. The molecule has 108 valence electrons. The Hall–Kier alpha value is -1.14. The predicted molar refractivity (Wildman–Crippen MR) is 77.9 cm³/mol. The quantitative estimate of drug-likeness (QED) is 0.916. The molecule has 0 atom stereocenters. The van der Waals surface area contributed by atoms with E-state index in [0.717, 1.165) is 32.2 Å². The average Bonchev–Trinajstić information content (AvgIpc) is 3.26. The van der Waals surface area contributed by atoms with Crippen molar-refractivity contribution in [3.05, 3.63) is 28.0 Å². The summed E-state index contributed by atoms with van der Waals surface area (Å²) in [4.78, 5) is 15.4. The summed E-state index contributed by atoms with van der Waals surface area (Å²) in [6.07, 6.45) is 2.57. The van der Waals surface area contributed by atoms with Gasteiger partial charge in [-0.3, -0.25) is 4.90 Å². The van der Waals surface area contributed by atoms with Crippen molar-refractivity contribution in [3.8, 4) is 0 Å². The van der Waals surface area contributed by atoms with Crippen molar-refractivity contribution in [2.75, 3.05) is 31.1 Å². The number of hydrogen-bond acceptors (Lipinski definition) is 3. The van der Waals surface area contributed by atoms with Gasteiger partial charge in [-0.1, -0.05) is 0 Å². The third kappa shape index (κ3) is 2.54. The average molecular weight is 343 g/mol. The first kappa shape index (κ1) is 13.8. The SMILES string of the molecule is O=C(O)c1ccc(N2CCN(C3CC3)CC2)c(F)c1Br. The summed E-state index contributed by atoms with van der Waals surface area (Å²) >= 11 is 3.05. The number of rotatable bonds is 3. The van der Waals surface area contributed by atoms with Crippen molar-refractivity contribution in [3.63, 3.8) is 0 Å². The minimum Gasteiger partial charge on any atom is -0.478 e. The molecule has 1 heterocycles. The van der Waals surface area contributed by atoms with Gasteiger partial charge in [0.05, 0.1) is 15.7 Å². The van der Waals surface area contributed by atoms with Crippen LogP contribution < -0.4 is 4.90 Å². The van der Waals surface area contributed by atoms with Crippen molar-refractivity contribution >= 4 is 27.6 Å². The van der Waals surface area contributed by atoms with Crippen LogP contribution in [0.15, 0.2) is 16.6 Å². The number of carboxylic acid groups (broad SMARTS) is 1.